The minimum absolute atomic E-state index is 0.0914. The fraction of sp³-hybridized carbons (Fsp3) is 0.478. The molecule has 0 radical (unpaired) electrons. The number of likely N-dealkylation sites (N-methyl/N-ethyl adjacent to an activating group) is 1. The van der Waals surface area contributed by atoms with E-state index in [1.807, 2.05) is 34.9 Å². The number of aromatic nitrogens is 2. The number of benzene rings is 1. The largest absolute Gasteiger partial charge is 0.303 e. The van der Waals surface area contributed by atoms with Crippen LogP contribution in [0.15, 0.2) is 40.3 Å². The Morgan fingerprint density at radius 3 is 2.70 bits per heavy atom. The Morgan fingerprint density at radius 2 is 1.90 bits per heavy atom. The van der Waals surface area contributed by atoms with E-state index in [4.69, 9.17) is 4.98 Å². The molecule has 158 valence electrons. The Hall–Kier alpha value is -1.67. The second kappa shape index (κ2) is 8.83. The number of hydrogen-bond acceptors (Lipinski definition) is 6. The van der Waals surface area contributed by atoms with Crippen molar-refractivity contribution in [2.24, 2.45) is 0 Å². The summed E-state index contributed by atoms with van der Waals surface area (Å²) in [7, 11) is 2.14. The molecule has 2 aliphatic heterocycles. The third-order valence-electron chi connectivity index (χ3n) is 6.14. The van der Waals surface area contributed by atoms with E-state index in [0.29, 0.717) is 0 Å². The van der Waals surface area contributed by atoms with Crippen molar-refractivity contribution in [1.29, 1.82) is 0 Å². The van der Waals surface area contributed by atoms with Crippen LogP contribution in [0.5, 0.6) is 0 Å². The molecule has 5 nitrogen and oxygen atoms in total. The van der Waals surface area contributed by atoms with Crippen molar-refractivity contribution < 1.29 is 0 Å². The van der Waals surface area contributed by atoms with E-state index in [-0.39, 0.29) is 5.56 Å². The van der Waals surface area contributed by atoms with Crippen molar-refractivity contribution in [3.05, 3.63) is 51.1 Å². The molecule has 0 N–H and O–H groups in total. The maximum atomic E-state index is 13.7. The van der Waals surface area contributed by atoms with Crippen LogP contribution in [0.25, 0.3) is 15.9 Å². The highest BCUT2D eigenvalue weighted by molar-refractivity contribution is 7.99. The van der Waals surface area contributed by atoms with E-state index in [0.717, 1.165) is 52.9 Å². The third kappa shape index (κ3) is 3.96. The lowest BCUT2D eigenvalue weighted by Gasteiger charge is -2.26. The highest BCUT2D eigenvalue weighted by Gasteiger charge is 2.24. The van der Waals surface area contributed by atoms with Crippen LogP contribution < -0.4 is 5.56 Å². The second-order valence-electron chi connectivity index (χ2n) is 8.29. The van der Waals surface area contributed by atoms with E-state index in [2.05, 4.69) is 16.8 Å². The summed E-state index contributed by atoms with van der Waals surface area (Å²) in [6, 6.07) is 10.00. The van der Waals surface area contributed by atoms with E-state index < -0.39 is 0 Å². The fourth-order valence-corrected chi connectivity index (χ4v) is 6.86. The average molecular weight is 441 g/mol. The van der Waals surface area contributed by atoms with Crippen molar-refractivity contribution in [1.82, 2.24) is 19.4 Å². The minimum atomic E-state index is 0.0914. The summed E-state index contributed by atoms with van der Waals surface area (Å²) >= 11 is 3.42. The first-order chi connectivity index (χ1) is 14.7. The molecule has 0 aliphatic carbocycles. The predicted molar refractivity (Wildman–Crippen MR) is 126 cm³/mol. The summed E-state index contributed by atoms with van der Waals surface area (Å²) in [5.74, 6) is 0.957. The molecule has 4 heterocycles. The van der Waals surface area contributed by atoms with Crippen LogP contribution in [0.4, 0.5) is 0 Å². The number of nitrogens with zero attached hydrogens (tertiary/aromatic N) is 4. The van der Waals surface area contributed by atoms with Gasteiger partial charge >= 0.3 is 0 Å². The molecule has 3 aromatic rings. The van der Waals surface area contributed by atoms with Gasteiger partial charge in [-0.2, -0.15) is 0 Å². The summed E-state index contributed by atoms with van der Waals surface area (Å²) in [6.07, 6.45) is 4.89. The normalized spacial score (nSPS) is 18.0. The average Bonchev–Trinajstić information content (AvgIpc) is 3.13. The van der Waals surface area contributed by atoms with Crippen LogP contribution in [0, 0.1) is 0 Å². The molecule has 30 heavy (non-hydrogen) atoms. The smallest absolute Gasteiger partial charge is 0.267 e. The third-order valence-corrected chi connectivity index (χ3v) is 8.17. The number of para-hydroxylation sites is 1. The summed E-state index contributed by atoms with van der Waals surface area (Å²) in [5, 5.41) is 1.66. The molecule has 2 aliphatic rings. The second-order valence-corrected chi connectivity index (χ2v) is 10.4. The minimum Gasteiger partial charge on any atom is -0.303 e. The summed E-state index contributed by atoms with van der Waals surface area (Å²) in [5.41, 5.74) is 2.22. The van der Waals surface area contributed by atoms with Crippen molar-refractivity contribution >= 4 is 33.3 Å². The van der Waals surface area contributed by atoms with Crippen LogP contribution in [0.2, 0.25) is 0 Å². The zero-order valence-corrected chi connectivity index (χ0v) is 19.1. The SMILES string of the molecule is CN1CCc2c(sc3nc(SCCN4CCCCC4)n(-c4ccccc4)c(=O)c23)C1. The van der Waals surface area contributed by atoms with Gasteiger partial charge in [0.25, 0.3) is 5.56 Å². The summed E-state index contributed by atoms with van der Waals surface area (Å²) < 4.78 is 1.84. The van der Waals surface area contributed by atoms with E-state index in [9.17, 15) is 4.79 Å². The summed E-state index contributed by atoms with van der Waals surface area (Å²) in [6.45, 7) is 5.36. The number of likely N-dealkylation sites (tertiary alicyclic amines) is 1. The molecule has 1 saturated heterocycles. The van der Waals surface area contributed by atoms with Gasteiger partial charge in [-0.15, -0.1) is 11.3 Å². The molecule has 0 saturated carbocycles. The molecule has 1 fully saturated rings. The Labute approximate surface area is 185 Å². The first-order valence-corrected chi connectivity index (χ1v) is 12.7. The van der Waals surface area contributed by atoms with Gasteiger partial charge in [0, 0.05) is 30.3 Å². The zero-order chi connectivity index (χ0) is 20.5. The highest BCUT2D eigenvalue weighted by atomic mass is 32.2. The van der Waals surface area contributed by atoms with E-state index in [1.54, 1.807) is 23.1 Å². The predicted octanol–water partition coefficient (Wildman–Crippen LogP) is 4.01. The molecule has 0 spiro atoms. The molecular formula is C23H28N4OS2. The fourth-order valence-electron chi connectivity index (χ4n) is 4.50. The monoisotopic (exact) mass is 440 g/mol. The maximum absolute atomic E-state index is 13.7. The van der Waals surface area contributed by atoms with Gasteiger partial charge < -0.3 is 9.80 Å². The number of fused-ring (bicyclic) bond motifs is 3. The number of hydrogen-bond donors (Lipinski definition) is 0. The topological polar surface area (TPSA) is 41.4 Å². The molecule has 0 atom stereocenters. The van der Waals surface area contributed by atoms with E-state index >= 15 is 0 Å². The standard InChI is InChI=1S/C23H28N4OS2/c1-25-13-10-18-19(16-25)30-21-20(18)22(28)27(17-8-4-2-5-9-17)23(24-21)29-15-14-26-11-6-3-7-12-26/h2,4-5,8-9H,3,6-7,10-16H2,1H3. The van der Waals surface area contributed by atoms with Crippen LogP contribution in [-0.2, 0) is 13.0 Å². The van der Waals surface area contributed by atoms with Crippen LogP contribution in [-0.4, -0.2) is 58.3 Å². The van der Waals surface area contributed by atoms with E-state index in [1.165, 1.54) is 42.8 Å². The number of rotatable bonds is 5. The van der Waals surface area contributed by atoms with Gasteiger partial charge in [0.15, 0.2) is 5.16 Å². The van der Waals surface area contributed by atoms with Crippen LogP contribution in [0.3, 0.4) is 0 Å². The lowest BCUT2D eigenvalue weighted by Crippen LogP contribution is -2.31. The van der Waals surface area contributed by atoms with Crippen molar-refractivity contribution in [3.8, 4) is 5.69 Å². The Bertz CT molecular complexity index is 1090. The molecule has 0 bridgehead atoms. The van der Waals surface area contributed by atoms with Crippen LogP contribution >= 0.6 is 23.1 Å². The molecule has 1 aromatic carbocycles. The van der Waals surface area contributed by atoms with Gasteiger partial charge in [-0.1, -0.05) is 36.4 Å². The van der Waals surface area contributed by atoms with Crippen LogP contribution in [0.1, 0.15) is 29.7 Å². The molecule has 2 aromatic heterocycles. The lowest BCUT2D eigenvalue weighted by atomic mass is 10.1. The highest BCUT2D eigenvalue weighted by Crippen LogP contribution is 2.34. The Kier molecular flexibility index (Phi) is 5.96. The molecular weight excluding hydrogens is 412 g/mol. The Morgan fingerprint density at radius 1 is 1.10 bits per heavy atom. The van der Waals surface area contributed by atoms with Crippen molar-refractivity contribution in [2.45, 2.75) is 37.4 Å². The molecule has 7 heteroatoms. The van der Waals surface area contributed by atoms with Gasteiger partial charge in [0.05, 0.1) is 11.1 Å². The zero-order valence-electron chi connectivity index (χ0n) is 17.5. The number of thiophene rings is 1. The molecule has 0 amide bonds. The van der Waals surface area contributed by atoms with Gasteiger partial charge in [-0.3, -0.25) is 9.36 Å². The van der Waals surface area contributed by atoms with Gasteiger partial charge in [0.1, 0.15) is 4.83 Å². The first kappa shape index (κ1) is 20.2. The van der Waals surface area contributed by atoms with Crippen molar-refractivity contribution in [2.75, 3.05) is 39.0 Å². The number of piperidine rings is 1. The molecule has 5 rings (SSSR count). The quantitative estimate of drug-likeness (QED) is 0.443. The van der Waals surface area contributed by atoms with Gasteiger partial charge in [-0.25, -0.2) is 4.98 Å². The maximum Gasteiger partial charge on any atom is 0.267 e. The number of thioether (sulfide) groups is 1. The molecule has 0 unspecified atom stereocenters. The van der Waals surface area contributed by atoms with Gasteiger partial charge in [0.2, 0.25) is 0 Å². The summed E-state index contributed by atoms with van der Waals surface area (Å²) in [4.78, 5) is 25.8. The van der Waals surface area contributed by atoms with Crippen molar-refractivity contribution in [3.63, 3.8) is 0 Å². The Balaban J connectivity index is 1.53. The lowest BCUT2D eigenvalue weighted by molar-refractivity contribution is 0.242. The first-order valence-electron chi connectivity index (χ1n) is 10.9. The van der Waals surface area contributed by atoms with Gasteiger partial charge in [-0.05, 0) is 57.1 Å².